The van der Waals surface area contributed by atoms with Crippen LogP contribution < -0.4 is 15.4 Å². The predicted molar refractivity (Wildman–Crippen MR) is 112 cm³/mol. The maximum atomic E-state index is 13.3. The quantitative estimate of drug-likeness (QED) is 0.364. The van der Waals surface area contributed by atoms with Crippen LogP contribution in [-0.4, -0.2) is 49.0 Å². The van der Waals surface area contributed by atoms with Crippen LogP contribution in [0, 0.1) is 0 Å². The van der Waals surface area contributed by atoms with Crippen LogP contribution in [0.4, 0.5) is 11.4 Å². The number of hydrogen-bond acceptors (Lipinski definition) is 6. The van der Waals surface area contributed by atoms with Crippen molar-refractivity contribution in [1.82, 2.24) is 9.97 Å². The molecule has 8 nitrogen and oxygen atoms in total. The molecule has 0 spiro atoms. The number of carbonyl (C=O) groups is 2. The molecule has 0 bridgehead atoms. The minimum Gasteiger partial charge on any atom is -0.497 e. The Kier molecular flexibility index (Phi) is 6.36. The molecule has 1 unspecified atom stereocenters. The molecule has 0 aliphatic rings. The molecule has 0 radical (unpaired) electrons. The van der Waals surface area contributed by atoms with Gasteiger partial charge in [-0.25, -0.2) is 4.98 Å². The summed E-state index contributed by atoms with van der Waals surface area (Å²) in [5.41, 5.74) is 2.23. The Labute approximate surface area is 172 Å². The fourth-order valence-electron chi connectivity index (χ4n) is 3.09. The summed E-state index contributed by atoms with van der Waals surface area (Å²) in [5, 5.41) is 6.75. The third-order valence-electron chi connectivity index (χ3n) is 4.39. The zero-order chi connectivity index (χ0) is 21.0. The third kappa shape index (κ3) is 4.18. The number of hydrogen-bond donors (Lipinski definition) is 3. The van der Waals surface area contributed by atoms with E-state index in [4.69, 9.17) is 21.1 Å². The summed E-state index contributed by atoms with van der Waals surface area (Å²) in [6, 6.07) is 4.79. The molecule has 3 rings (SSSR count). The molecular formula is C20H21ClN4O4. The summed E-state index contributed by atoms with van der Waals surface area (Å²) in [6.45, 7) is 2.36. The molecule has 0 aliphatic heterocycles. The molecule has 0 saturated carbocycles. The molecular weight excluding hydrogens is 396 g/mol. The molecule has 1 aromatic carbocycles. The average Bonchev–Trinajstić information content (AvgIpc) is 3.14. The lowest BCUT2D eigenvalue weighted by molar-refractivity contribution is -0.105. The number of aromatic nitrogens is 2. The fourth-order valence-corrected chi connectivity index (χ4v) is 3.34. The van der Waals surface area contributed by atoms with Crippen LogP contribution in [0.25, 0.3) is 11.0 Å². The van der Waals surface area contributed by atoms with Crippen molar-refractivity contribution >= 4 is 46.2 Å². The van der Waals surface area contributed by atoms with Gasteiger partial charge in [-0.1, -0.05) is 11.6 Å². The topological polar surface area (TPSA) is 105 Å². The number of ether oxygens (including phenoxy) is 2. The Balaban J connectivity index is 2.14. The van der Waals surface area contributed by atoms with Crippen LogP contribution in [0.3, 0.4) is 0 Å². The van der Waals surface area contributed by atoms with Gasteiger partial charge in [0.25, 0.3) is 0 Å². The predicted octanol–water partition coefficient (Wildman–Crippen LogP) is 3.47. The Bertz CT molecular complexity index is 1050. The number of anilines is 2. The number of methoxy groups -OCH3 is 2. The van der Waals surface area contributed by atoms with Crippen molar-refractivity contribution in [3.63, 3.8) is 0 Å². The van der Waals surface area contributed by atoms with Crippen molar-refractivity contribution < 1.29 is 19.1 Å². The number of ketones is 1. The molecule has 1 amide bonds. The van der Waals surface area contributed by atoms with E-state index in [0.717, 1.165) is 0 Å². The molecule has 0 saturated heterocycles. The number of rotatable bonds is 9. The maximum absolute atomic E-state index is 13.3. The van der Waals surface area contributed by atoms with E-state index >= 15 is 0 Å². The summed E-state index contributed by atoms with van der Waals surface area (Å²) in [4.78, 5) is 31.6. The highest BCUT2D eigenvalue weighted by molar-refractivity contribution is 6.36. The lowest BCUT2D eigenvalue weighted by Gasteiger charge is -2.18. The summed E-state index contributed by atoms with van der Waals surface area (Å²) in [6.07, 6.45) is 3.66. The summed E-state index contributed by atoms with van der Waals surface area (Å²) in [7, 11) is 3.13. The van der Waals surface area contributed by atoms with Gasteiger partial charge >= 0.3 is 0 Å². The van der Waals surface area contributed by atoms with Crippen LogP contribution in [0.1, 0.15) is 22.8 Å². The molecule has 29 heavy (non-hydrogen) atoms. The summed E-state index contributed by atoms with van der Waals surface area (Å²) in [5.74, 6) is 0.275. The average molecular weight is 417 g/mol. The first kappa shape index (κ1) is 20.6. The highest BCUT2D eigenvalue weighted by Crippen LogP contribution is 2.35. The molecule has 2 aromatic heterocycles. The molecule has 3 N–H and O–H groups in total. The number of benzene rings is 1. The van der Waals surface area contributed by atoms with E-state index in [0.29, 0.717) is 52.3 Å². The van der Waals surface area contributed by atoms with Gasteiger partial charge in [-0.05, 0) is 25.1 Å². The van der Waals surface area contributed by atoms with Gasteiger partial charge in [0.05, 0.1) is 47.3 Å². The highest BCUT2D eigenvalue weighted by atomic mass is 35.5. The molecule has 3 aromatic rings. The van der Waals surface area contributed by atoms with Crippen molar-refractivity contribution in [2.75, 3.05) is 31.5 Å². The monoisotopic (exact) mass is 416 g/mol. The first-order valence-corrected chi connectivity index (χ1v) is 9.21. The SMILES string of the molecule is COCC(C)Nc1c(NC=O)cnc2[nH]cc(C(=O)c3ccc(OC)cc3Cl)c12. The lowest BCUT2D eigenvalue weighted by Crippen LogP contribution is -2.22. The van der Waals surface area contributed by atoms with Crippen molar-refractivity contribution in [2.45, 2.75) is 13.0 Å². The number of aromatic amines is 1. The van der Waals surface area contributed by atoms with E-state index in [1.807, 2.05) is 6.92 Å². The molecule has 2 heterocycles. The van der Waals surface area contributed by atoms with Gasteiger partial charge in [-0.15, -0.1) is 0 Å². The van der Waals surface area contributed by atoms with Gasteiger partial charge in [-0.3, -0.25) is 9.59 Å². The Morgan fingerprint density at radius 3 is 2.79 bits per heavy atom. The van der Waals surface area contributed by atoms with E-state index in [1.54, 1.807) is 31.5 Å². The van der Waals surface area contributed by atoms with E-state index in [1.165, 1.54) is 13.3 Å². The van der Waals surface area contributed by atoms with Crippen LogP contribution >= 0.6 is 11.6 Å². The van der Waals surface area contributed by atoms with Gasteiger partial charge in [0.1, 0.15) is 11.4 Å². The van der Waals surface area contributed by atoms with Crippen molar-refractivity contribution in [3.05, 3.63) is 46.7 Å². The number of pyridine rings is 1. The second kappa shape index (κ2) is 8.93. The van der Waals surface area contributed by atoms with E-state index in [9.17, 15) is 9.59 Å². The molecule has 0 aliphatic carbocycles. The zero-order valence-corrected chi connectivity index (χ0v) is 17.0. The van der Waals surface area contributed by atoms with Gasteiger partial charge in [0.15, 0.2) is 5.78 Å². The normalized spacial score (nSPS) is 11.9. The molecule has 1 atom stereocenters. The Morgan fingerprint density at radius 2 is 2.14 bits per heavy atom. The highest BCUT2D eigenvalue weighted by Gasteiger charge is 2.22. The van der Waals surface area contributed by atoms with E-state index in [2.05, 4.69) is 20.6 Å². The third-order valence-corrected chi connectivity index (χ3v) is 4.70. The van der Waals surface area contributed by atoms with Gasteiger partial charge in [0.2, 0.25) is 6.41 Å². The molecule has 9 heteroatoms. The molecule has 152 valence electrons. The van der Waals surface area contributed by atoms with Gasteiger partial charge in [-0.2, -0.15) is 0 Å². The standard InChI is InChI=1S/C20H21ClN4O4/c1-11(9-28-2)25-18-16(24-10-26)8-23-20-17(18)14(7-22-20)19(27)13-5-4-12(29-3)6-15(13)21/h4-8,10-11H,9H2,1-3H3,(H,24,26)(H2,22,23,25). The first-order valence-electron chi connectivity index (χ1n) is 8.84. The Hall–Kier alpha value is -3.10. The number of fused-ring (bicyclic) bond motifs is 1. The van der Waals surface area contributed by atoms with Crippen LogP contribution in [0.2, 0.25) is 5.02 Å². The lowest BCUT2D eigenvalue weighted by atomic mass is 10.0. The number of carbonyl (C=O) groups excluding carboxylic acids is 2. The fraction of sp³-hybridized carbons (Fsp3) is 0.250. The van der Waals surface area contributed by atoms with Crippen LogP contribution in [0.15, 0.2) is 30.6 Å². The number of amides is 1. The minimum absolute atomic E-state index is 0.0831. The van der Waals surface area contributed by atoms with E-state index < -0.39 is 0 Å². The maximum Gasteiger partial charge on any atom is 0.211 e. The van der Waals surface area contributed by atoms with Crippen molar-refractivity contribution in [1.29, 1.82) is 0 Å². The van der Waals surface area contributed by atoms with Crippen LogP contribution in [-0.2, 0) is 9.53 Å². The first-order chi connectivity index (χ1) is 14.0. The molecule has 0 fully saturated rings. The van der Waals surface area contributed by atoms with Crippen molar-refractivity contribution in [3.8, 4) is 5.75 Å². The minimum atomic E-state index is -0.281. The second-order valence-electron chi connectivity index (χ2n) is 6.41. The number of H-pyrrole nitrogens is 1. The second-order valence-corrected chi connectivity index (χ2v) is 6.82. The number of nitrogens with one attached hydrogen (secondary N) is 3. The zero-order valence-electron chi connectivity index (χ0n) is 16.2. The van der Waals surface area contributed by atoms with Crippen molar-refractivity contribution in [2.24, 2.45) is 0 Å². The van der Waals surface area contributed by atoms with Gasteiger partial charge < -0.3 is 25.1 Å². The Morgan fingerprint density at radius 1 is 1.34 bits per heavy atom. The smallest absolute Gasteiger partial charge is 0.211 e. The van der Waals surface area contributed by atoms with Gasteiger partial charge in [0, 0.05) is 24.9 Å². The summed E-state index contributed by atoms with van der Waals surface area (Å²) >= 11 is 6.30. The summed E-state index contributed by atoms with van der Waals surface area (Å²) < 4.78 is 10.3. The largest absolute Gasteiger partial charge is 0.497 e. The number of halogens is 1. The number of nitrogens with zero attached hydrogens (tertiary/aromatic N) is 1. The van der Waals surface area contributed by atoms with E-state index in [-0.39, 0.29) is 16.8 Å². The van der Waals surface area contributed by atoms with Crippen LogP contribution in [0.5, 0.6) is 5.75 Å².